The fourth-order valence-electron chi connectivity index (χ4n) is 1.98. The van der Waals surface area contributed by atoms with Gasteiger partial charge in [-0.2, -0.15) is 5.10 Å². The molecule has 0 aliphatic carbocycles. The van der Waals surface area contributed by atoms with Gasteiger partial charge < -0.3 is 0 Å². The van der Waals surface area contributed by atoms with E-state index >= 15 is 0 Å². The van der Waals surface area contributed by atoms with E-state index in [1.807, 2.05) is 6.92 Å². The van der Waals surface area contributed by atoms with Gasteiger partial charge in [0.1, 0.15) is 5.82 Å². The zero-order valence-corrected chi connectivity index (χ0v) is 12.3. The van der Waals surface area contributed by atoms with Crippen LogP contribution in [0.15, 0.2) is 29.3 Å². The first kappa shape index (κ1) is 15.0. The Kier molecular flexibility index (Phi) is 3.94. The Morgan fingerprint density at radius 1 is 1.43 bits per heavy atom. The van der Waals surface area contributed by atoms with Crippen LogP contribution in [-0.4, -0.2) is 23.5 Å². The second kappa shape index (κ2) is 5.52. The van der Waals surface area contributed by atoms with Gasteiger partial charge in [-0.25, -0.2) is 8.42 Å². The number of nitrogens with one attached hydrogen (secondary N) is 2. The first-order valence-corrected chi connectivity index (χ1v) is 7.64. The molecular formula is C12H14N4O4S. The summed E-state index contributed by atoms with van der Waals surface area (Å²) in [6.07, 6.45) is 2.08. The lowest BCUT2D eigenvalue weighted by molar-refractivity contribution is -0.387. The summed E-state index contributed by atoms with van der Waals surface area (Å²) in [4.78, 5) is 9.99. The van der Waals surface area contributed by atoms with Crippen LogP contribution in [0.5, 0.6) is 0 Å². The molecule has 1 heterocycles. The molecule has 0 unspecified atom stereocenters. The van der Waals surface area contributed by atoms with Gasteiger partial charge in [0.2, 0.25) is 0 Å². The van der Waals surface area contributed by atoms with Crippen LogP contribution in [0.4, 0.5) is 11.5 Å². The molecule has 0 saturated heterocycles. The Bertz CT molecular complexity index is 782. The molecule has 1 aromatic heterocycles. The zero-order chi connectivity index (χ0) is 15.6. The van der Waals surface area contributed by atoms with E-state index in [2.05, 4.69) is 14.9 Å². The van der Waals surface area contributed by atoms with Crippen LogP contribution in [0.25, 0.3) is 0 Å². The van der Waals surface area contributed by atoms with E-state index in [1.54, 1.807) is 0 Å². The third-order valence-corrected chi connectivity index (χ3v) is 4.53. The van der Waals surface area contributed by atoms with Crippen LogP contribution < -0.4 is 4.72 Å². The van der Waals surface area contributed by atoms with Crippen molar-refractivity contribution in [2.45, 2.75) is 25.2 Å². The molecule has 0 bridgehead atoms. The first-order valence-electron chi connectivity index (χ1n) is 6.16. The van der Waals surface area contributed by atoms with E-state index in [9.17, 15) is 18.5 Å². The Morgan fingerprint density at radius 2 is 2.14 bits per heavy atom. The molecule has 9 heteroatoms. The molecule has 2 N–H and O–H groups in total. The Balaban J connectivity index is 2.53. The summed E-state index contributed by atoms with van der Waals surface area (Å²) in [5.74, 6) is 0.218. The molecule has 2 aromatic rings. The molecule has 0 aliphatic rings. The number of aryl methyl sites for hydroxylation is 2. The molecule has 0 spiro atoms. The number of nitro benzene ring substituents is 1. The minimum atomic E-state index is -4.09. The average molecular weight is 310 g/mol. The summed E-state index contributed by atoms with van der Waals surface area (Å²) in [6.45, 7) is 3.36. The standard InChI is InChI=1S/C12H14N4O4S/c1-3-9-7-13-14-12(9)15-21(19,20)11-8(2)5-4-6-10(11)16(17)18/h4-7H,3H2,1-2H3,(H2,13,14,15). The number of anilines is 1. The molecule has 0 saturated carbocycles. The van der Waals surface area contributed by atoms with Gasteiger partial charge in [0.05, 0.1) is 11.1 Å². The fourth-order valence-corrected chi connectivity index (χ4v) is 3.44. The van der Waals surface area contributed by atoms with Crippen LogP contribution in [0.1, 0.15) is 18.1 Å². The number of nitro groups is 1. The summed E-state index contributed by atoms with van der Waals surface area (Å²) >= 11 is 0. The molecule has 1 aromatic carbocycles. The van der Waals surface area contributed by atoms with E-state index in [0.717, 1.165) is 6.07 Å². The zero-order valence-electron chi connectivity index (χ0n) is 11.5. The predicted octanol–water partition coefficient (Wildman–Crippen LogP) is 1.99. The van der Waals surface area contributed by atoms with Gasteiger partial charge in [-0.05, 0) is 18.9 Å². The van der Waals surface area contributed by atoms with Crippen molar-refractivity contribution in [1.29, 1.82) is 0 Å². The number of hydrogen-bond donors (Lipinski definition) is 2. The molecule has 0 amide bonds. The summed E-state index contributed by atoms with van der Waals surface area (Å²) < 4.78 is 27.2. The van der Waals surface area contributed by atoms with Gasteiger partial charge in [-0.1, -0.05) is 19.1 Å². The summed E-state index contributed by atoms with van der Waals surface area (Å²) in [7, 11) is -4.09. The highest BCUT2D eigenvalue weighted by atomic mass is 32.2. The van der Waals surface area contributed by atoms with Gasteiger partial charge in [-0.15, -0.1) is 0 Å². The van der Waals surface area contributed by atoms with E-state index in [1.165, 1.54) is 25.3 Å². The first-order chi connectivity index (χ1) is 9.86. The highest BCUT2D eigenvalue weighted by Gasteiger charge is 2.28. The molecule has 112 valence electrons. The fraction of sp³-hybridized carbons (Fsp3) is 0.250. The second-order valence-corrected chi connectivity index (χ2v) is 6.03. The SMILES string of the molecule is CCc1cn[nH]c1NS(=O)(=O)c1c(C)cccc1[N+](=O)[O-]. The Morgan fingerprint density at radius 3 is 2.76 bits per heavy atom. The van der Waals surface area contributed by atoms with Crippen molar-refractivity contribution in [1.82, 2.24) is 10.2 Å². The van der Waals surface area contributed by atoms with Crippen molar-refractivity contribution < 1.29 is 13.3 Å². The van der Waals surface area contributed by atoms with Crippen LogP contribution in [0.3, 0.4) is 0 Å². The highest BCUT2D eigenvalue weighted by molar-refractivity contribution is 7.93. The molecule has 0 atom stereocenters. The van der Waals surface area contributed by atoms with Crippen molar-refractivity contribution in [2.75, 3.05) is 4.72 Å². The summed E-state index contributed by atoms with van der Waals surface area (Å²) in [5, 5.41) is 17.3. The number of benzene rings is 1. The molecule has 0 aliphatic heterocycles. The van der Waals surface area contributed by atoms with Crippen molar-refractivity contribution in [3.8, 4) is 0 Å². The minimum Gasteiger partial charge on any atom is -0.263 e. The number of rotatable bonds is 5. The van der Waals surface area contributed by atoms with Crippen LogP contribution >= 0.6 is 0 Å². The van der Waals surface area contributed by atoms with Crippen LogP contribution in [-0.2, 0) is 16.4 Å². The Hall–Kier alpha value is -2.42. The smallest absolute Gasteiger partial charge is 0.263 e. The topological polar surface area (TPSA) is 118 Å². The van der Waals surface area contributed by atoms with E-state index in [-0.39, 0.29) is 10.7 Å². The van der Waals surface area contributed by atoms with Crippen molar-refractivity contribution >= 4 is 21.5 Å². The van der Waals surface area contributed by atoms with E-state index in [0.29, 0.717) is 17.5 Å². The quantitative estimate of drug-likeness (QED) is 0.646. The average Bonchev–Trinajstić information content (AvgIpc) is 2.84. The third kappa shape index (κ3) is 2.87. The van der Waals surface area contributed by atoms with E-state index < -0.39 is 20.6 Å². The maximum Gasteiger partial charge on any atom is 0.290 e. The van der Waals surface area contributed by atoms with Crippen LogP contribution in [0.2, 0.25) is 0 Å². The van der Waals surface area contributed by atoms with Gasteiger partial charge in [0.25, 0.3) is 15.7 Å². The molecule has 0 fully saturated rings. The van der Waals surface area contributed by atoms with Crippen molar-refractivity contribution in [3.63, 3.8) is 0 Å². The number of aromatic nitrogens is 2. The molecule has 2 rings (SSSR count). The van der Waals surface area contributed by atoms with Crippen molar-refractivity contribution in [2.24, 2.45) is 0 Å². The van der Waals surface area contributed by atoms with Crippen molar-refractivity contribution in [3.05, 3.63) is 45.6 Å². The summed E-state index contributed by atoms with van der Waals surface area (Å²) in [6, 6.07) is 4.12. The number of hydrogen-bond acceptors (Lipinski definition) is 5. The lowest BCUT2D eigenvalue weighted by Crippen LogP contribution is -2.17. The van der Waals surface area contributed by atoms with Gasteiger partial charge in [0.15, 0.2) is 4.90 Å². The Labute approximate surface area is 121 Å². The molecule has 21 heavy (non-hydrogen) atoms. The molecule has 8 nitrogen and oxygen atoms in total. The normalized spacial score (nSPS) is 11.3. The third-order valence-electron chi connectivity index (χ3n) is 2.99. The number of nitrogens with zero attached hydrogens (tertiary/aromatic N) is 2. The second-order valence-electron chi connectivity index (χ2n) is 4.41. The largest absolute Gasteiger partial charge is 0.290 e. The maximum absolute atomic E-state index is 12.5. The molecule has 0 radical (unpaired) electrons. The lowest BCUT2D eigenvalue weighted by atomic mass is 10.2. The summed E-state index contributed by atoms with van der Waals surface area (Å²) in [5.41, 5.74) is 0.518. The van der Waals surface area contributed by atoms with Gasteiger partial charge in [-0.3, -0.25) is 19.9 Å². The molecular weight excluding hydrogens is 296 g/mol. The lowest BCUT2D eigenvalue weighted by Gasteiger charge is -2.10. The predicted molar refractivity (Wildman–Crippen MR) is 76.6 cm³/mol. The van der Waals surface area contributed by atoms with E-state index in [4.69, 9.17) is 0 Å². The van der Waals surface area contributed by atoms with Crippen LogP contribution in [0, 0.1) is 17.0 Å². The van der Waals surface area contributed by atoms with Gasteiger partial charge in [0, 0.05) is 11.6 Å². The van der Waals surface area contributed by atoms with Gasteiger partial charge >= 0.3 is 0 Å². The number of sulfonamides is 1. The number of H-pyrrole nitrogens is 1. The highest BCUT2D eigenvalue weighted by Crippen LogP contribution is 2.29. The number of aromatic amines is 1. The monoisotopic (exact) mass is 310 g/mol. The maximum atomic E-state index is 12.5. The minimum absolute atomic E-state index is 0.218.